The van der Waals surface area contributed by atoms with Crippen molar-refractivity contribution in [2.24, 2.45) is 11.8 Å². The first kappa shape index (κ1) is 14.4. The molecule has 0 saturated heterocycles. The molecule has 1 aliphatic rings. The van der Waals surface area contributed by atoms with E-state index in [0.29, 0.717) is 12.3 Å². The van der Waals surface area contributed by atoms with Gasteiger partial charge < -0.3 is 0 Å². The molecule has 2 rings (SSSR count). The highest BCUT2D eigenvalue weighted by atomic mass is 19.1. The molecule has 2 nitrogen and oxygen atoms in total. The minimum absolute atomic E-state index is 0.0702. The third kappa shape index (κ3) is 3.74. The van der Waals surface area contributed by atoms with Crippen LogP contribution in [0.4, 0.5) is 8.78 Å². The van der Waals surface area contributed by atoms with Crippen molar-refractivity contribution in [1.82, 2.24) is 5.43 Å². The molecular formula is C15H22F2N2. The molecule has 1 atom stereocenters. The van der Waals surface area contributed by atoms with E-state index in [1.807, 2.05) is 0 Å². The Hall–Kier alpha value is -1.00. The van der Waals surface area contributed by atoms with Crippen LogP contribution >= 0.6 is 0 Å². The Labute approximate surface area is 113 Å². The van der Waals surface area contributed by atoms with Crippen LogP contribution in [0.25, 0.3) is 0 Å². The topological polar surface area (TPSA) is 38.0 Å². The molecule has 0 spiro atoms. The van der Waals surface area contributed by atoms with Crippen LogP contribution in [0.3, 0.4) is 0 Å². The van der Waals surface area contributed by atoms with E-state index in [9.17, 15) is 8.78 Å². The van der Waals surface area contributed by atoms with Gasteiger partial charge in [-0.2, -0.15) is 0 Å². The summed E-state index contributed by atoms with van der Waals surface area (Å²) in [4.78, 5) is 0. The van der Waals surface area contributed by atoms with E-state index >= 15 is 0 Å². The number of hydrogen-bond donors (Lipinski definition) is 2. The third-order valence-corrected chi connectivity index (χ3v) is 4.14. The van der Waals surface area contributed by atoms with Gasteiger partial charge in [-0.15, -0.1) is 0 Å². The van der Waals surface area contributed by atoms with Crippen LogP contribution in [0.5, 0.6) is 0 Å². The van der Waals surface area contributed by atoms with E-state index < -0.39 is 17.7 Å². The zero-order valence-corrected chi connectivity index (χ0v) is 11.2. The maximum atomic E-state index is 13.7. The van der Waals surface area contributed by atoms with Gasteiger partial charge in [-0.25, -0.2) is 8.78 Å². The van der Waals surface area contributed by atoms with E-state index in [2.05, 4.69) is 5.43 Å². The van der Waals surface area contributed by atoms with Crippen molar-refractivity contribution >= 4 is 0 Å². The van der Waals surface area contributed by atoms with E-state index in [1.54, 1.807) is 0 Å². The first-order valence-corrected chi connectivity index (χ1v) is 7.12. The number of hydrazine groups is 1. The second-order valence-corrected chi connectivity index (χ2v) is 5.44. The normalized spacial score (nSPS) is 18.5. The highest BCUT2D eigenvalue weighted by Gasteiger charge is 2.21. The van der Waals surface area contributed by atoms with E-state index in [4.69, 9.17) is 5.84 Å². The van der Waals surface area contributed by atoms with Crippen molar-refractivity contribution in [2.75, 3.05) is 0 Å². The van der Waals surface area contributed by atoms with Crippen molar-refractivity contribution in [3.05, 3.63) is 35.4 Å². The molecule has 0 bridgehead atoms. The van der Waals surface area contributed by atoms with Gasteiger partial charge in [0, 0.05) is 5.56 Å². The Kier molecular flexibility index (Phi) is 5.28. The van der Waals surface area contributed by atoms with E-state index in [-0.39, 0.29) is 5.56 Å². The fraction of sp³-hybridized carbons (Fsp3) is 0.600. The second-order valence-electron chi connectivity index (χ2n) is 5.44. The monoisotopic (exact) mass is 268 g/mol. The molecule has 0 aromatic heterocycles. The molecular weight excluding hydrogens is 246 g/mol. The average molecular weight is 268 g/mol. The Balaban J connectivity index is 1.99. The number of benzene rings is 1. The standard InChI is InChI=1S/C15H22F2N2/c16-12-7-4-8-13(17)15(12)14(19-18)10-9-11-5-2-1-3-6-11/h4,7-8,11,14,19H,1-3,5-6,9-10,18H2. The quantitative estimate of drug-likeness (QED) is 0.629. The maximum absolute atomic E-state index is 13.7. The van der Waals surface area contributed by atoms with Gasteiger partial charge >= 0.3 is 0 Å². The Bertz CT molecular complexity index is 383. The van der Waals surface area contributed by atoms with Crippen LogP contribution in [-0.4, -0.2) is 0 Å². The summed E-state index contributed by atoms with van der Waals surface area (Å²) < 4.78 is 27.4. The summed E-state index contributed by atoms with van der Waals surface area (Å²) in [6, 6.07) is 3.50. The second kappa shape index (κ2) is 6.96. The van der Waals surface area contributed by atoms with Crippen LogP contribution in [0.1, 0.15) is 56.6 Å². The summed E-state index contributed by atoms with van der Waals surface area (Å²) >= 11 is 0. The fourth-order valence-corrected chi connectivity index (χ4v) is 3.03. The van der Waals surface area contributed by atoms with Gasteiger partial charge in [-0.1, -0.05) is 38.2 Å². The summed E-state index contributed by atoms with van der Waals surface area (Å²) in [7, 11) is 0. The maximum Gasteiger partial charge on any atom is 0.130 e. The third-order valence-electron chi connectivity index (χ3n) is 4.14. The van der Waals surface area contributed by atoms with Gasteiger partial charge in [0.15, 0.2) is 0 Å². The zero-order chi connectivity index (χ0) is 13.7. The molecule has 0 radical (unpaired) electrons. The lowest BCUT2D eigenvalue weighted by atomic mass is 9.84. The van der Waals surface area contributed by atoms with Crippen LogP contribution in [0, 0.1) is 17.6 Å². The zero-order valence-electron chi connectivity index (χ0n) is 11.2. The van der Waals surface area contributed by atoms with Gasteiger partial charge in [0.05, 0.1) is 6.04 Å². The Morgan fingerprint density at radius 2 is 1.79 bits per heavy atom. The van der Waals surface area contributed by atoms with Crippen LogP contribution in [0.2, 0.25) is 0 Å². The Morgan fingerprint density at radius 1 is 1.16 bits per heavy atom. The summed E-state index contributed by atoms with van der Waals surface area (Å²) in [5.74, 6) is 5.11. The summed E-state index contributed by atoms with van der Waals surface area (Å²) in [5.41, 5.74) is 2.63. The number of nitrogens with one attached hydrogen (secondary N) is 1. The minimum atomic E-state index is -0.522. The van der Waals surface area contributed by atoms with Crippen molar-refractivity contribution < 1.29 is 8.78 Å². The lowest BCUT2D eigenvalue weighted by Crippen LogP contribution is -2.30. The predicted octanol–water partition coefficient (Wildman–Crippen LogP) is 3.83. The summed E-state index contributed by atoms with van der Waals surface area (Å²) in [6.45, 7) is 0. The molecule has 1 aromatic carbocycles. The molecule has 1 unspecified atom stereocenters. The van der Waals surface area contributed by atoms with E-state index in [1.165, 1.54) is 50.3 Å². The first-order valence-electron chi connectivity index (χ1n) is 7.12. The molecule has 19 heavy (non-hydrogen) atoms. The van der Waals surface area contributed by atoms with Crippen LogP contribution < -0.4 is 11.3 Å². The Morgan fingerprint density at radius 3 is 2.37 bits per heavy atom. The summed E-state index contributed by atoms with van der Waals surface area (Å²) in [6.07, 6.45) is 7.99. The number of halogens is 2. The molecule has 106 valence electrons. The van der Waals surface area contributed by atoms with Crippen molar-refractivity contribution in [2.45, 2.75) is 51.0 Å². The molecule has 1 saturated carbocycles. The van der Waals surface area contributed by atoms with Gasteiger partial charge in [-0.3, -0.25) is 11.3 Å². The molecule has 3 N–H and O–H groups in total. The highest BCUT2D eigenvalue weighted by molar-refractivity contribution is 5.23. The van der Waals surface area contributed by atoms with Crippen molar-refractivity contribution in [3.8, 4) is 0 Å². The number of nitrogens with two attached hydrogens (primary N) is 1. The van der Waals surface area contributed by atoms with Gasteiger partial charge in [-0.05, 0) is 30.9 Å². The van der Waals surface area contributed by atoms with Crippen LogP contribution in [-0.2, 0) is 0 Å². The molecule has 0 heterocycles. The lowest BCUT2D eigenvalue weighted by molar-refractivity contribution is 0.311. The molecule has 1 fully saturated rings. The van der Waals surface area contributed by atoms with E-state index in [0.717, 1.165) is 6.42 Å². The fourth-order valence-electron chi connectivity index (χ4n) is 3.03. The van der Waals surface area contributed by atoms with Crippen molar-refractivity contribution in [3.63, 3.8) is 0 Å². The van der Waals surface area contributed by atoms with Gasteiger partial charge in [0.25, 0.3) is 0 Å². The average Bonchev–Trinajstić information content (AvgIpc) is 2.43. The molecule has 0 aliphatic heterocycles. The van der Waals surface area contributed by atoms with Crippen molar-refractivity contribution in [1.29, 1.82) is 0 Å². The molecule has 1 aliphatic carbocycles. The lowest BCUT2D eigenvalue weighted by Gasteiger charge is -2.24. The molecule has 1 aromatic rings. The minimum Gasteiger partial charge on any atom is -0.271 e. The van der Waals surface area contributed by atoms with Gasteiger partial charge in [0.2, 0.25) is 0 Å². The largest absolute Gasteiger partial charge is 0.271 e. The molecule has 4 heteroatoms. The predicted molar refractivity (Wildman–Crippen MR) is 72.2 cm³/mol. The SMILES string of the molecule is NNC(CCC1CCCCC1)c1c(F)cccc1F. The van der Waals surface area contributed by atoms with Crippen LogP contribution in [0.15, 0.2) is 18.2 Å². The number of hydrogen-bond acceptors (Lipinski definition) is 2. The smallest absolute Gasteiger partial charge is 0.130 e. The van der Waals surface area contributed by atoms with Gasteiger partial charge in [0.1, 0.15) is 11.6 Å². The highest BCUT2D eigenvalue weighted by Crippen LogP contribution is 2.31. The molecule has 0 amide bonds. The summed E-state index contributed by atoms with van der Waals surface area (Å²) in [5, 5.41) is 0. The first-order chi connectivity index (χ1) is 9.22. The number of rotatable bonds is 5.